The molecular weight excluding hydrogens is 380 g/mol. The maximum absolute atomic E-state index is 12.5. The lowest BCUT2D eigenvalue weighted by Gasteiger charge is -2.13. The normalized spacial score (nSPS) is 11.1. The predicted octanol–water partition coefficient (Wildman–Crippen LogP) is 2.83. The van der Waals surface area contributed by atoms with E-state index in [0.29, 0.717) is 22.7 Å². The second kappa shape index (κ2) is 7.94. The van der Waals surface area contributed by atoms with Gasteiger partial charge in [0.15, 0.2) is 11.5 Å². The first-order chi connectivity index (χ1) is 12.2. The fourth-order valence-electron chi connectivity index (χ4n) is 2.33. The fraction of sp³-hybridized carbons (Fsp3) is 0.235. The summed E-state index contributed by atoms with van der Waals surface area (Å²) in [6.07, 6.45) is 0. The van der Waals surface area contributed by atoms with Crippen molar-refractivity contribution in [3.8, 4) is 11.5 Å². The zero-order chi connectivity index (χ0) is 19.5. The highest BCUT2D eigenvalue weighted by Crippen LogP contribution is 2.36. The maximum atomic E-state index is 12.5. The van der Waals surface area contributed by atoms with Gasteiger partial charge in [-0.15, -0.1) is 0 Å². The Bertz CT molecular complexity index is 944. The number of ether oxygens (including phenoxy) is 2. The average molecular weight is 399 g/mol. The number of anilines is 1. The van der Waals surface area contributed by atoms with Gasteiger partial charge in [-0.1, -0.05) is 17.7 Å². The largest absolute Gasteiger partial charge is 0.493 e. The molecule has 0 fully saturated rings. The number of benzene rings is 2. The van der Waals surface area contributed by atoms with Gasteiger partial charge in [-0.25, -0.2) is 13.1 Å². The zero-order valence-corrected chi connectivity index (χ0v) is 16.3. The Morgan fingerprint density at radius 3 is 2.38 bits per heavy atom. The smallest absolute Gasteiger partial charge is 0.255 e. The Balaban J connectivity index is 2.37. The summed E-state index contributed by atoms with van der Waals surface area (Å²) < 4.78 is 36.7. The van der Waals surface area contributed by atoms with Crippen LogP contribution in [0.3, 0.4) is 0 Å². The molecule has 0 aliphatic rings. The molecule has 0 bridgehead atoms. The van der Waals surface area contributed by atoms with Gasteiger partial charge < -0.3 is 14.8 Å². The van der Waals surface area contributed by atoms with Crippen molar-refractivity contribution in [2.45, 2.75) is 11.8 Å². The van der Waals surface area contributed by atoms with Crippen molar-refractivity contribution in [1.82, 2.24) is 4.72 Å². The van der Waals surface area contributed by atoms with Gasteiger partial charge in [0.25, 0.3) is 5.91 Å². The molecule has 0 atom stereocenters. The second-order valence-corrected chi connectivity index (χ2v) is 7.60. The van der Waals surface area contributed by atoms with Crippen LogP contribution in [0.1, 0.15) is 15.9 Å². The molecule has 0 saturated heterocycles. The highest BCUT2D eigenvalue weighted by molar-refractivity contribution is 7.89. The molecule has 0 aliphatic carbocycles. The molecule has 2 aromatic rings. The summed E-state index contributed by atoms with van der Waals surface area (Å²) in [4.78, 5) is 12.6. The highest BCUT2D eigenvalue weighted by atomic mass is 35.5. The molecule has 2 rings (SSSR count). The lowest BCUT2D eigenvalue weighted by molar-refractivity contribution is 0.102. The van der Waals surface area contributed by atoms with Crippen LogP contribution in [0.2, 0.25) is 5.02 Å². The number of carbonyl (C=O) groups excluding carboxylic acids is 1. The van der Waals surface area contributed by atoms with Gasteiger partial charge in [-0.05, 0) is 43.8 Å². The molecule has 2 N–H and O–H groups in total. The van der Waals surface area contributed by atoms with Crippen molar-refractivity contribution in [1.29, 1.82) is 0 Å². The number of methoxy groups -OCH3 is 2. The summed E-state index contributed by atoms with van der Waals surface area (Å²) in [5.41, 5.74) is 1.14. The van der Waals surface area contributed by atoms with E-state index in [-0.39, 0.29) is 15.5 Å². The molecule has 0 heterocycles. The van der Waals surface area contributed by atoms with E-state index >= 15 is 0 Å². The van der Waals surface area contributed by atoms with E-state index in [1.165, 1.54) is 39.5 Å². The van der Waals surface area contributed by atoms with Crippen molar-refractivity contribution in [2.75, 3.05) is 26.6 Å². The van der Waals surface area contributed by atoms with E-state index in [1.54, 1.807) is 19.1 Å². The minimum Gasteiger partial charge on any atom is -0.493 e. The van der Waals surface area contributed by atoms with Crippen LogP contribution in [-0.4, -0.2) is 35.6 Å². The van der Waals surface area contributed by atoms with Gasteiger partial charge in [0.1, 0.15) is 0 Å². The summed E-state index contributed by atoms with van der Waals surface area (Å²) in [5.74, 6) is 0.167. The molecule has 0 unspecified atom stereocenters. The van der Waals surface area contributed by atoms with Gasteiger partial charge in [0.2, 0.25) is 10.0 Å². The molecule has 1 amide bonds. The molecule has 0 aromatic heterocycles. The van der Waals surface area contributed by atoms with E-state index in [9.17, 15) is 13.2 Å². The van der Waals surface area contributed by atoms with Crippen LogP contribution in [0.15, 0.2) is 35.2 Å². The fourth-order valence-corrected chi connectivity index (χ4v) is 3.61. The van der Waals surface area contributed by atoms with Crippen molar-refractivity contribution >= 4 is 33.2 Å². The lowest BCUT2D eigenvalue weighted by Crippen LogP contribution is -2.20. The molecule has 140 valence electrons. The monoisotopic (exact) mass is 398 g/mol. The van der Waals surface area contributed by atoms with E-state index in [1.807, 2.05) is 0 Å². The van der Waals surface area contributed by atoms with Crippen LogP contribution in [-0.2, 0) is 10.0 Å². The molecule has 2 aromatic carbocycles. The maximum Gasteiger partial charge on any atom is 0.255 e. The van der Waals surface area contributed by atoms with Crippen LogP contribution >= 0.6 is 11.6 Å². The van der Waals surface area contributed by atoms with Crippen LogP contribution in [0, 0.1) is 6.92 Å². The minimum absolute atomic E-state index is 0.0862. The number of rotatable bonds is 6. The summed E-state index contributed by atoms with van der Waals surface area (Å²) in [6.45, 7) is 1.67. The van der Waals surface area contributed by atoms with Gasteiger partial charge in [0, 0.05) is 11.3 Å². The van der Waals surface area contributed by atoms with Crippen molar-refractivity contribution in [2.24, 2.45) is 0 Å². The third-order valence-electron chi connectivity index (χ3n) is 3.70. The van der Waals surface area contributed by atoms with Crippen molar-refractivity contribution < 1.29 is 22.7 Å². The number of halogens is 1. The van der Waals surface area contributed by atoms with Gasteiger partial charge in [0.05, 0.1) is 24.1 Å². The Hall–Kier alpha value is -2.29. The highest BCUT2D eigenvalue weighted by Gasteiger charge is 2.18. The number of sulfonamides is 1. The van der Waals surface area contributed by atoms with E-state index in [0.717, 1.165) is 0 Å². The molecule has 7 nitrogen and oxygen atoms in total. The molecular formula is C17H19ClN2O5S. The Labute approximate surface area is 157 Å². The number of nitrogens with one attached hydrogen (secondary N) is 2. The van der Waals surface area contributed by atoms with Crippen molar-refractivity contribution in [3.63, 3.8) is 0 Å². The first kappa shape index (κ1) is 20.0. The first-order valence-electron chi connectivity index (χ1n) is 7.50. The Kier molecular flexibility index (Phi) is 6.12. The topological polar surface area (TPSA) is 93.7 Å². The third-order valence-corrected chi connectivity index (χ3v) is 5.54. The Morgan fingerprint density at radius 1 is 1.12 bits per heavy atom. The summed E-state index contributed by atoms with van der Waals surface area (Å²) in [5, 5.41) is 2.87. The standard InChI is InChI=1S/C17H19ClN2O5S/c1-10-5-6-12(9-15(10)26(22,23)19-2)20-17(21)11-7-13(18)16(25-4)14(8-11)24-3/h5-9,19H,1-4H3,(H,20,21). The Morgan fingerprint density at radius 2 is 1.81 bits per heavy atom. The number of aryl methyl sites for hydroxylation is 1. The van der Waals surface area contributed by atoms with Crippen LogP contribution in [0.4, 0.5) is 5.69 Å². The SMILES string of the molecule is CNS(=O)(=O)c1cc(NC(=O)c2cc(Cl)c(OC)c(OC)c2)ccc1C. The van der Waals surface area contributed by atoms with Gasteiger partial charge in [-0.3, -0.25) is 4.79 Å². The number of hydrogen-bond donors (Lipinski definition) is 2. The van der Waals surface area contributed by atoms with E-state index in [4.69, 9.17) is 21.1 Å². The predicted molar refractivity (Wildman–Crippen MR) is 99.9 cm³/mol. The summed E-state index contributed by atoms with van der Waals surface area (Å²) in [6, 6.07) is 7.55. The first-order valence-corrected chi connectivity index (χ1v) is 9.36. The number of amides is 1. The second-order valence-electron chi connectivity index (χ2n) is 5.34. The zero-order valence-electron chi connectivity index (χ0n) is 14.7. The van der Waals surface area contributed by atoms with Gasteiger partial charge in [-0.2, -0.15) is 0 Å². The van der Waals surface area contributed by atoms with Gasteiger partial charge >= 0.3 is 0 Å². The summed E-state index contributed by atoms with van der Waals surface area (Å²) in [7, 11) is 0.567. The van der Waals surface area contributed by atoms with Crippen LogP contribution in [0.5, 0.6) is 11.5 Å². The van der Waals surface area contributed by atoms with Crippen LogP contribution < -0.4 is 19.5 Å². The average Bonchev–Trinajstić information content (AvgIpc) is 2.62. The molecule has 26 heavy (non-hydrogen) atoms. The third kappa shape index (κ3) is 4.09. The molecule has 0 saturated carbocycles. The number of carbonyl (C=O) groups is 1. The molecule has 9 heteroatoms. The minimum atomic E-state index is -3.64. The van der Waals surface area contributed by atoms with E-state index < -0.39 is 15.9 Å². The molecule has 0 aliphatic heterocycles. The lowest BCUT2D eigenvalue weighted by atomic mass is 10.1. The molecule has 0 radical (unpaired) electrons. The van der Waals surface area contributed by atoms with Crippen molar-refractivity contribution in [3.05, 3.63) is 46.5 Å². The number of hydrogen-bond acceptors (Lipinski definition) is 5. The molecule has 0 spiro atoms. The quantitative estimate of drug-likeness (QED) is 0.780. The summed E-state index contributed by atoms with van der Waals surface area (Å²) >= 11 is 6.11. The van der Waals surface area contributed by atoms with Crippen LogP contribution in [0.25, 0.3) is 0 Å². The van der Waals surface area contributed by atoms with E-state index in [2.05, 4.69) is 10.0 Å².